The summed E-state index contributed by atoms with van der Waals surface area (Å²) in [5.41, 5.74) is -0.540. The molecule has 0 radical (unpaired) electrons. The third kappa shape index (κ3) is 10.4. The summed E-state index contributed by atoms with van der Waals surface area (Å²) >= 11 is 5.30. The molecule has 3 N–H and O–H groups in total. The van der Waals surface area contributed by atoms with Crippen LogP contribution in [0.5, 0.6) is 17.2 Å². The third-order valence-corrected chi connectivity index (χ3v) is 4.97. The molecule has 34 heavy (non-hydrogen) atoms. The minimum absolute atomic E-state index is 0. The summed E-state index contributed by atoms with van der Waals surface area (Å²) in [7, 11) is 4.09. The van der Waals surface area contributed by atoms with E-state index in [9.17, 15) is 9.90 Å². The first-order chi connectivity index (χ1) is 15.6. The standard InChI is InChI=1S/2C8H15N2.C7H5ClO5.ClH/c2*1-3-4-5-10-7-6-9(2)8-10;8-4-2(7(12)13)1-3(9)5(10)6(4)11;/h2*6-8H,3-5H2,1-2H3;1,9-11H,(H,12,13);1H/q2*+1;;/p-2. The summed E-state index contributed by atoms with van der Waals surface area (Å²) < 4.78 is 8.55. The highest BCUT2D eigenvalue weighted by Crippen LogP contribution is 2.40. The number of phenols is 2. The first-order valence-electron chi connectivity index (χ1n) is 10.8. The summed E-state index contributed by atoms with van der Waals surface area (Å²) in [5, 5.41) is 36.5. The van der Waals surface area contributed by atoms with Crippen LogP contribution in [0, 0.1) is 0 Å². The Morgan fingerprint density at radius 2 is 1.44 bits per heavy atom. The summed E-state index contributed by atoms with van der Waals surface area (Å²) in [6.45, 7) is 6.72. The van der Waals surface area contributed by atoms with Gasteiger partial charge in [-0.05, 0) is 24.7 Å². The molecule has 3 rings (SSSR count). The molecule has 1 aromatic carbocycles. The molecule has 11 heteroatoms. The number of hydrogen-bond acceptors (Lipinski definition) is 4. The fraction of sp³-hybridized carbons (Fsp3) is 0.435. The number of aryl methyl sites for hydroxylation is 4. The van der Waals surface area contributed by atoms with Crippen molar-refractivity contribution in [1.29, 1.82) is 0 Å². The smallest absolute Gasteiger partial charge is 0.337 e. The average Bonchev–Trinajstić information content (AvgIpc) is 3.40. The van der Waals surface area contributed by atoms with Crippen molar-refractivity contribution in [3.05, 3.63) is 54.1 Å². The topological polar surface area (TPSA) is 118 Å². The van der Waals surface area contributed by atoms with E-state index in [-0.39, 0.29) is 12.4 Å². The van der Waals surface area contributed by atoms with E-state index in [1.54, 1.807) is 0 Å². The lowest BCUT2D eigenvalue weighted by atomic mass is 10.2. The molecule has 0 saturated heterocycles. The Morgan fingerprint density at radius 1 is 1.00 bits per heavy atom. The number of carboxylic acids is 1. The molecule has 0 fully saturated rings. The number of phenolic OH excluding ortho intramolecular Hbond substituents is 2. The molecule has 3 aromatic rings. The molecule has 0 aliphatic carbocycles. The molecule has 2 heterocycles. The maximum Gasteiger partial charge on any atom is 0.337 e. The molecular weight excluding hydrogens is 483 g/mol. The Bertz CT molecular complexity index is 977. The Kier molecular flexibility index (Phi) is 14.5. The number of nitrogens with zero attached hydrogens (tertiary/aromatic N) is 4. The minimum Gasteiger partial charge on any atom is -1.00 e. The quantitative estimate of drug-likeness (QED) is 0.295. The predicted octanol–water partition coefficient (Wildman–Crippen LogP) is -0.248. The Labute approximate surface area is 211 Å². The zero-order chi connectivity index (χ0) is 25.0. The van der Waals surface area contributed by atoms with E-state index >= 15 is 0 Å². The van der Waals surface area contributed by atoms with E-state index in [1.807, 2.05) is 14.1 Å². The van der Waals surface area contributed by atoms with Crippen molar-refractivity contribution < 1.29 is 46.8 Å². The second kappa shape index (κ2) is 15.8. The highest BCUT2D eigenvalue weighted by molar-refractivity contribution is 6.35. The maximum atomic E-state index is 10.9. The van der Waals surface area contributed by atoms with Crippen molar-refractivity contribution in [2.24, 2.45) is 14.1 Å². The van der Waals surface area contributed by atoms with Crippen molar-refractivity contribution in [2.75, 3.05) is 0 Å². The molecule has 0 unspecified atom stereocenters. The molecule has 0 aliphatic rings. The highest BCUT2D eigenvalue weighted by atomic mass is 35.5. The van der Waals surface area contributed by atoms with Crippen molar-refractivity contribution in [2.45, 2.75) is 52.6 Å². The number of imidazole rings is 2. The van der Waals surface area contributed by atoms with E-state index < -0.39 is 33.8 Å². The monoisotopic (exact) mass is 516 g/mol. The van der Waals surface area contributed by atoms with Crippen LogP contribution in [-0.4, -0.2) is 30.4 Å². The van der Waals surface area contributed by atoms with Crippen LogP contribution >= 0.6 is 11.6 Å². The lowest BCUT2D eigenvalue weighted by Gasteiger charge is -2.13. The number of benzene rings is 1. The van der Waals surface area contributed by atoms with Crippen molar-refractivity contribution in [3.63, 3.8) is 0 Å². The van der Waals surface area contributed by atoms with Crippen LogP contribution in [0.1, 0.15) is 49.9 Å². The van der Waals surface area contributed by atoms with E-state index in [2.05, 4.69) is 69.6 Å². The fourth-order valence-electron chi connectivity index (χ4n) is 2.72. The summed E-state index contributed by atoms with van der Waals surface area (Å²) in [5.74, 6) is -4.29. The van der Waals surface area contributed by atoms with Crippen LogP contribution in [0.2, 0.25) is 5.02 Å². The van der Waals surface area contributed by atoms with Crippen LogP contribution < -0.4 is 26.6 Å². The lowest BCUT2D eigenvalue weighted by Crippen LogP contribution is -3.00. The Balaban J connectivity index is 0.000000479. The second-order valence-corrected chi connectivity index (χ2v) is 7.96. The van der Waals surface area contributed by atoms with E-state index in [1.165, 1.54) is 25.7 Å². The predicted molar refractivity (Wildman–Crippen MR) is 122 cm³/mol. The number of aromatic hydroxyl groups is 2. The van der Waals surface area contributed by atoms with E-state index in [0.29, 0.717) is 6.07 Å². The molecule has 0 saturated carbocycles. The number of rotatable bonds is 7. The molecule has 0 aliphatic heterocycles. The fourth-order valence-corrected chi connectivity index (χ4v) is 2.94. The van der Waals surface area contributed by atoms with Gasteiger partial charge < -0.3 is 32.8 Å². The number of hydrogen-bond donors (Lipinski definition) is 3. The van der Waals surface area contributed by atoms with Crippen molar-refractivity contribution in [1.82, 2.24) is 9.13 Å². The minimum atomic E-state index is -1.45. The van der Waals surface area contributed by atoms with Crippen LogP contribution in [-0.2, 0) is 27.2 Å². The molecule has 9 nitrogen and oxygen atoms in total. The molecule has 0 atom stereocenters. The maximum absolute atomic E-state index is 10.9. The lowest BCUT2D eigenvalue weighted by molar-refractivity contribution is -0.671. The zero-order valence-corrected chi connectivity index (χ0v) is 21.5. The van der Waals surface area contributed by atoms with Crippen LogP contribution in [0.4, 0.5) is 0 Å². The van der Waals surface area contributed by atoms with Gasteiger partial charge in [0.2, 0.25) is 12.7 Å². The van der Waals surface area contributed by atoms with Gasteiger partial charge in [0.1, 0.15) is 24.8 Å². The van der Waals surface area contributed by atoms with Crippen LogP contribution in [0.15, 0.2) is 43.5 Å². The Morgan fingerprint density at radius 3 is 1.76 bits per heavy atom. The molecule has 0 spiro atoms. The zero-order valence-electron chi connectivity index (χ0n) is 20.0. The molecule has 190 valence electrons. The van der Waals surface area contributed by atoms with Gasteiger partial charge in [0, 0.05) is 0 Å². The van der Waals surface area contributed by atoms with Crippen LogP contribution in [0.25, 0.3) is 0 Å². The Hall–Kier alpha value is -2.91. The third-order valence-electron chi connectivity index (χ3n) is 4.59. The van der Waals surface area contributed by atoms with Gasteiger partial charge in [-0.3, -0.25) is 0 Å². The molecular formula is C23H34Cl2N4O5. The number of aromatic nitrogens is 4. The molecule has 2 aromatic heterocycles. The van der Waals surface area contributed by atoms with Gasteiger partial charge in [-0.2, -0.15) is 0 Å². The van der Waals surface area contributed by atoms with Gasteiger partial charge in [0.15, 0.2) is 11.5 Å². The van der Waals surface area contributed by atoms with Gasteiger partial charge in [-0.25, -0.2) is 23.1 Å². The van der Waals surface area contributed by atoms with Gasteiger partial charge in [-0.15, -0.1) is 0 Å². The summed E-state index contributed by atoms with van der Waals surface area (Å²) in [6, 6.07) is 0.710. The van der Waals surface area contributed by atoms with Crippen LogP contribution in [0.3, 0.4) is 0 Å². The van der Waals surface area contributed by atoms with E-state index in [4.69, 9.17) is 26.9 Å². The number of unbranched alkanes of at least 4 members (excludes halogenated alkanes) is 2. The van der Waals surface area contributed by atoms with Gasteiger partial charge >= 0.3 is 5.97 Å². The second-order valence-electron chi connectivity index (χ2n) is 7.58. The summed E-state index contributed by atoms with van der Waals surface area (Å²) in [6.07, 6.45) is 17.6. The number of aromatic carboxylic acids is 1. The first-order valence-corrected chi connectivity index (χ1v) is 11.1. The first kappa shape index (κ1) is 31.1. The molecule has 0 bridgehead atoms. The SMILES string of the molecule is CCCCn1cc[n+](C)c1.CCCCn1cc[n+](C)c1.O=C(O)c1cc(O)c(O)c([O-])c1Cl.[Cl-]. The highest BCUT2D eigenvalue weighted by Gasteiger charge is 2.14. The average molecular weight is 517 g/mol. The molecule has 0 amide bonds. The summed E-state index contributed by atoms with van der Waals surface area (Å²) in [4.78, 5) is 10.4. The van der Waals surface area contributed by atoms with Crippen molar-refractivity contribution in [3.8, 4) is 17.2 Å². The van der Waals surface area contributed by atoms with E-state index in [0.717, 1.165) is 13.1 Å². The number of carboxylic acid groups (broad SMARTS) is 1. The van der Waals surface area contributed by atoms with Gasteiger partial charge in [0.05, 0.1) is 37.8 Å². The normalized spacial score (nSPS) is 9.79. The largest absolute Gasteiger partial charge is 1.00 e. The van der Waals surface area contributed by atoms with Crippen molar-refractivity contribution >= 4 is 17.6 Å². The van der Waals surface area contributed by atoms with Gasteiger partial charge in [0.25, 0.3) is 0 Å². The van der Waals surface area contributed by atoms with Gasteiger partial charge in [-0.1, -0.05) is 38.3 Å². The number of halogens is 2. The number of carbonyl (C=O) groups is 1.